The summed E-state index contributed by atoms with van der Waals surface area (Å²) in [5.41, 5.74) is 1.05. The molecule has 3 rings (SSSR count). The minimum absolute atomic E-state index is 0.0484. The predicted octanol–water partition coefficient (Wildman–Crippen LogP) is 3.10. The molecule has 0 atom stereocenters. The molecule has 4 nitrogen and oxygen atoms in total. The first-order valence-corrected chi connectivity index (χ1v) is 6.24. The van der Waals surface area contributed by atoms with Crippen molar-refractivity contribution in [2.75, 3.05) is 5.32 Å². The number of nitrogens with one attached hydrogen (secondary N) is 1. The van der Waals surface area contributed by atoms with Crippen LogP contribution in [0.15, 0.2) is 42.5 Å². The smallest absolute Gasteiger partial charge is 0.276 e. The molecule has 0 saturated carbocycles. The number of hydrogen-bond acceptors (Lipinski definition) is 2. The maximum absolute atomic E-state index is 13.1. The number of aromatic nitrogens is 2. The van der Waals surface area contributed by atoms with E-state index < -0.39 is 17.5 Å². The van der Waals surface area contributed by atoms with Crippen molar-refractivity contribution >= 4 is 22.5 Å². The highest BCUT2D eigenvalue weighted by Gasteiger charge is 2.16. The number of rotatable bonds is 2. The van der Waals surface area contributed by atoms with Crippen molar-refractivity contribution < 1.29 is 13.6 Å². The number of aryl methyl sites for hydroxylation is 1. The molecular weight excluding hydrogens is 276 g/mol. The van der Waals surface area contributed by atoms with Crippen molar-refractivity contribution in [3.8, 4) is 0 Å². The van der Waals surface area contributed by atoms with Gasteiger partial charge in [-0.2, -0.15) is 5.10 Å². The Morgan fingerprint density at radius 3 is 2.52 bits per heavy atom. The average molecular weight is 287 g/mol. The van der Waals surface area contributed by atoms with E-state index in [1.165, 1.54) is 0 Å². The molecule has 0 spiro atoms. The number of para-hydroxylation sites is 1. The van der Waals surface area contributed by atoms with Crippen LogP contribution in [0.3, 0.4) is 0 Å². The number of carbonyl (C=O) groups excluding carboxylic acids is 1. The Morgan fingerprint density at radius 1 is 1.14 bits per heavy atom. The van der Waals surface area contributed by atoms with Crippen LogP contribution in [-0.2, 0) is 7.05 Å². The van der Waals surface area contributed by atoms with Crippen molar-refractivity contribution in [2.45, 2.75) is 0 Å². The van der Waals surface area contributed by atoms with Crippen molar-refractivity contribution in [1.29, 1.82) is 0 Å². The van der Waals surface area contributed by atoms with Gasteiger partial charge in [0.25, 0.3) is 5.91 Å². The molecule has 3 aromatic rings. The van der Waals surface area contributed by atoms with Gasteiger partial charge in [0, 0.05) is 24.2 Å². The van der Waals surface area contributed by atoms with Gasteiger partial charge in [-0.15, -0.1) is 0 Å². The number of nitrogens with zero attached hydrogens (tertiary/aromatic N) is 2. The zero-order valence-corrected chi connectivity index (χ0v) is 11.1. The minimum Gasteiger partial charge on any atom is -0.320 e. The molecule has 0 unspecified atom stereocenters. The number of hydrogen-bond donors (Lipinski definition) is 1. The monoisotopic (exact) mass is 287 g/mol. The van der Waals surface area contributed by atoms with Gasteiger partial charge in [0.15, 0.2) is 5.69 Å². The Morgan fingerprint density at radius 2 is 1.81 bits per heavy atom. The standard InChI is InChI=1S/C15H11F2N3O/c1-20-13-5-3-2-4-12(13)14(19-20)15(21)18-11-7-9(16)6-10(17)8-11/h2-8H,1H3,(H,18,21). The van der Waals surface area contributed by atoms with Crippen LogP contribution in [0.5, 0.6) is 0 Å². The number of fused-ring (bicyclic) bond motifs is 1. The molecule has 0 aliphatic rings. The first-order chi connectivity index (χ1) is 10.0. The summed E-state index contributed by atoms with van der Waals surface area (Å²) in [6.45, 7) is 0. The van der Waals surface area contributed by atoms with Gasteiger partial charge in [-0.05, 0) is 18.2 Å². The molecule has 0 fully saturated rings. The van der Waals surface area contributed by atoms with Gasteiger partial charge in [0.2, 0.25) is 0 Å². The Kier molecular flexibility index (Phi) is 3.13. The summed E-state index contributed by atoms with van der Waals surface area (Å²) in [6, 6.07) is 10.1. The number of halogens is 2. The molecule has 1 N–H and O–H groups in total. The van der Waals surface area contributed by atoms with Gasteiger partial charge < -0.3 is 5.32 Å². The van der Waals surface area contributed by atoms with E-state index in [0.29, 0.717) is 5.39 Å². The average Bonchev–Trinajstić information content (AvgIpc) is 2.76. The molecule has 0 saturated heterocycles. The normalized spacial score (nSPS) is 10.8. The van der Waals surface area contributed by atoms with Crippen LogP contribution in [0.25, 0.3) is 10.9 Å². The quantitative estimate of drug-likeness (QED) is 0.787. The summed E-state index contributed by atoms with van der Waals surface area (Å²) in [6.07, 6.45) is 0. The molecule has 2 aromatic carbocycles. The van der Waals surface area contributed by atoms with Gasteiger partial charge >= 0.3 is 0 Å². The van der Waals surface area contributed by atoms with Gasteiger partial charge in [-0.3, -0.25) is 9.48 Å². The molecule has 21 heavy (non-hydrogen) atoms. The summed E-state index contributed by atoms with van der Waals surface area (Å²) in [7, 11) is 1.72. The summed E-state index contributed by atoms with van der Waals surface area (Å²) in [5, 5.41) is 7.27. The summed E-state index contributed by atoms with van der Waals surface area (Å²) >= 11 is 0. The maximum Gasteiger partial charge on any atom is 0.276 e. The van der Waals surface area contributed by atoms with Gasteiger partial charge in [0.1, 0.15) is 11.6 Å². The van der Waals surface area contributed by atoms with Crippen LogP contribution in [0.1, 0.15) is 10.5 Å². The molecule has 1 amide bonds. The lowest BCUT2D eigenvalue weighted by atomic mass is 10.2. The van der Waals surface area contributed by atoms with E-state index in [-0.39, 0.29) is 11.4 Å². The highest BCUT2D eigenvalue weighted by molar-refractivity contribution is 6.11. The lowest BCUT2D eigenvalue weighted by molar-refractivity contribution is 0.102. The molecular formula is C15H11F2N3O. The summed E-state index contributed by atoms with van der Waals surface area (Å²) in [5.74, 6) is -2.02. The van der Waals surface area contributed by atoms with E-state index in [9.17, 15) is 13.6 Å². The lowest BCUT2D eigenvalue weighted by Crippen LogP contribution is -2.13. The van der Waals surface area contributed by atoms with Crippen molar-refractivity contribution in [3.05, 3.63) is 59.8 Å². The van der Waals surface area contributed by atoms with Gasteiger partial charge in [-0.1, -0.05) is 18.2 Å². The SMILES string of the molecule is Cn1nc(C(=O)Nc2cc(F)cc(F)c2)c2ccccc21. The second-order valence-corrected chi connectivity index (χ2v) is 4.60. The molecule has 6 heteroatoms. The third-order valence-corrected chi connectivity index (χ3v) is 3.09. The molecule has 0 aliphatic carbocycles. The van der Waals surface area contributed by atoms with Crippen molar-refractivity contribution in [3.63, 3.8) is 0 Å². The lowest BCUT2D eigenvalue weighted by Gasteiger charge is -2.04. The van der Waals surface area contributed by atoms with E-state index >= 15 is 0 Å². The Hall–Kier alpha value is -2.76. The second-order valence-electron chi connectivity index (χ2n) is 4.60. The zero-order valence-electron chi connectivity index (χ0n) is 11.1. The summed E-state index contributed by atoms with van der Waals surface area (Å²) in [4.78, 5) is 12.2. The Labute approximate surface area is 119 Å². The van der Waals surface area contributed by atoms with Crippen molar-refractivity contribution in [2.24, 2.45) is 7.05 Å². The summed E-state index contributed by atoms with van der Waals surface area (Å²) < 4.78 is 27.8. The van der Waals surface area contributed by atoms with Crippen molar-refractivity contribution in [1.82, 2.24) is 9.78 Å². The topological polar surface area (TPSA) is 46.9 Å². The first kappa shape index (κ1) is 13.2. The molecule has 0 bridgehead atoms. The van der Waals surface area contributed by atoms with Crippen LogP contribution < -0.4 is 5.32 Å². The largest absolute Gasteiger partial charge is 0.320 e. The number of carbonyl (C=O) groups is 1. The van der Waals surface area contributed by atoms with Crippen LogP contribution in [0.2, 0.25) is 0 Å². The zero-order chi connectivity index (χ0) is 15.0. The number of amides is 1. The van der Waals surface area contributed by atoms with E-state index in [2.05, 4.69) is 10.4 Å². The van der Waals surface area contributed by atoms with E-state index in [1.807, 2.05) is 12.1 Å². The molecule has 0 aliphatic heterocycles. The maximum atomic E-state index is 13.1. The number of benzene rings is 2. The first-order valence-electron chi connectivity index (χ1n) is 6.24. The molecule has 1 heterocycles. The van der Waals surface area contributed by atoms with E-state index in [0.717, 1.165) is 23.7 Å². The fraction of sp³-hybridized carbons (Fsp3) is 0.0667. The van der Waals surface area contributed by atoms with Gasteiger partial charge in [-0.25, -0.2) is 8.78 Å². The van der Waals surface area contributed by atoms with E-state index in [4.69, 9.17) is 0 Å². The molecule has 1 aromatic heterocycles. The van der Waals surface area contributed by atoms with Crippen LogP contribution in [0.4, 0.5) is 14.5 Å². The van der Waals surface area contributed by atoms with E-state index in [1.54, 1.807) is 23.9 Å². The number of anilines is 1. The molecule has 106 valence electrons. The van der Waals surface area contributed by atoms with Crippen LogP contribution in [-0.4, -0.2) is 15.7 Å². The fourth-order valence-corrected chi connectivity index (χ4v) is 2.20. The highest BCUT2D eigenvalue weighted by atomic mass is 19.1. The van der Waals surface area contributed by atoms with Gasteiger partial charge in [0.05, 0.1) is 5.52 Å². The Bertz CT molecular complexity index is 822. The Balaban J connectivity index is 1.97. The third-order valence-electron chi connectivity index (χ3n) is 3.09. The molecule has 0 radical (unpaired) electrons. The minimum atomic E-state index is -0.754. The predicted molar refractivity (Wildman–Crippen MR) is 75.0 cm³/mol. The second kappa shape index (κ2) is 4.97. The van der Waals surface area contributed by atoms with Crippen LogP contribution >= 0.6 is 0 Å². The fourth-order valence-electron chi connectivity index (χ4n) is 2.20. The van der Waals surface area contributed by atoms with Crippen LogP contribution in [0, 0.1) is 11.6 Å². The highest BCUT2D eigenvalue weighted by Crippen LogP contribution is 2.19. The third kappa shape index (κ3) is 2.47.